The molecule has 0 N–H and O–H groups in total. The van der Waals surface area contributed by atoms with E-state index in [9.17, 15) is 4.79 Å². The molecule has 0 fully saturated rings. The Labute approximate surface area is 106 Å². The molecule has 0 aromatic heterocycles. The first-order chi connectivity index (χ1) is 8.61. The minimum absolute atomic E-state index is 0.154. The molecule has 0 spiro atoms. The normalized spacial score (nSPS) is 17.0. The minimum Gasteiger partial charge on any atom is -0.497 e. The third kappa shape index (κ3) is 2.42. The second kappa shape index (κ2) is 5.04. The zero-order chi connectivity index (χ0) is 13.1. The molecule has 0 aliphatic carbocycles. The standard InChI is InChI=1S/C14H15NO3/c1-9(2)13-12(14(16)18-15-13)8-10-4-6-11(17-3)7-5-10/h4-9H,1-3H3/b12-8-. The maximum Gasteiger partial charge on any atom is 0.367 e. The van der Waals surface area contributed by atoms with Crippen LogP contribution < -0.4 is 4.74 Å². The summed E-state index contributed by atoms with van der Waals surface area (Å²) in [6.07, 6.45) is 1.79. The van der Waals surface area contributed by atoms with E-state index in [2.05, 4.69) is 5.16 Å². The Kier molecular flexibility index (Phi) is 3.46. The summed E-state index contributed by atoms with van der Waals surface area (Å²) in [5.74, 6) is 0.541. The fourth-order valence-corrected chi connectivity index (χ4v) is 1.71. The quantitative estimate of drug-likeness (QED) is 0.607. The smallest absolute Gasteiger partial charge is 0.367 e. The largest absolute Gasteiger partial charge is 0.497 e. The lowest BCUT2D eigenvalue weighted by molar-refractivity contribution is -0.136. The highest BCUT2D eigenvalue weighted by Crippen LogP contribution is 2.21. The minimum atomic E-state index is -0.394. The van der Waals surface area contributed by atoms with Gasteiger partial charge in [0.2, 0.25) is 0 Å². The molecule has 0 radical (unpaired) electrons. The van der Waals surface area contributed by atoms with E-state index in [-0.39, 0.29) is 5.92 Å². The summed E-state index contributed by atoms with van der Waals surface area (Å²) in [6, 6.07) is 7.46. The number of hydrogen-bond donors (Lipinski definition) is 0. The van der Waals surface area contributed by atoms with Gasteiger partial charge in [-0.25, -0.2) is 4.79 Å². The third-order valence-corrected chi connectivity index (χ3v) is 2.70. The van der Waals surface area contributed by atoms with Gasteiger partial charge in [0, 0.05) is 0 Å². The molecular formula is C14H15NO3. The van der Waals surface area contributed by atoms with E-state index >= 15 is 0 Å². The third-order valence-electron chi connectivity index (χ3n) is 2.70. The average molecular weight is 245 g/mol. The fourth-order valence-electron chi connectivity index (χ4n) is 1.71. The Morgan fingerprint density at radius 2 is 1.94 bits per heavy atom. The van der Waals surface area contributed by atoms with Crippen LogP contribution in [0.15, 0.2) is 35.0 Å². The lowest BCUT2D eigenvalue weighted by Gasteiger charge is -2.03. The van der Waals surface area contributed by atoms with Crippen molar-refractivity contribution in [1.29, 1.82) is 0 Å². The molecule has 4 heteroatoms. The molecule has 0 unspecified atom stereocenters. The molecule has 1 heterocycles. The van der Waals surface area contributed by atoms with Gasteiger partial charge in [0.1, 0.15) is 5.75 Å². The van der Waals surface area contributed by atoms with Gasteiger partial charge in [-0.1, -0.05) is 31.1 Å². The summed E-state index contributed by atoms with van der Waals surface area (Å²) in [5.41, 5.74) is 2.13. The number of benzene rings is 1. The van der Waals surface area contributed by atoms with Crippen LogP contribution in [0.25, 0.3) is 6.08 Å². The molecular weight excluding hydrogens is 230 g/mol. The summed E-state index contributed by atoms with van der Waals surface area (Å²) in [5, 5.41) is 3.80. The van der Waals surface area contributed by atoms with Crippen molar-refractivity contribution < 1.29 is 14.4 Å². The van der Waals surface area contributed by atoms with Crippen LogP contribution in [0.5, 0.6) is 5.75 Å². The number of rotatable bonds is 3. The summed E-state index contributed by atoms with van der Waals surface area (Å²) >= 11 is 0. The second-order valence-corrected chi connectivity index (χ2v) is 4.34. The molecule has 2 rings (SSSR count). The molecule has 0 amide bonds. The van der Waals surface area contributed by atoms with Gasteiger partial charge in [0.15, 0.2) is 0 Å². The summed E-state index contributed by atoms with van der Waals surface area (Å²) in [4.78, 5) is 16.3. The van der Waals surface area contributed by atoms with Crippen LogP contribution in [-0.2, 0) is 9.63 Å². The van der Waals surface area contributed by atoms with Gasteiger partial charge in [-0.05, 0) is 29.7 Å². The molecule has 1 aromatic carbocycles. The van der Waals surface area contributed by atoms with E-state index in [4.69, 9.17) is 9.57 Å². The molecule has 0 bridgehead atoms. The summed E-state index contributed by atoms with van der Waals surface area (Å²) in [6.45, 7) is 3.95. The van der Waals surface area contributed by atoms with E-state index in [1.165, 1.54) is 0 Å². The van der Waals surface area contributed by atoms with Gasteiger partial charge in [-0.15, -0.1) is 0 Å². The van der Waals surface area contributed by atoms with Gasteiger partial charge >= 0.3 is 5.97 Å². The zero-order valence-electron chi connectivity index (χ0n) is 10.6. The first-order valence-electron chi connectivity index (χ1n) is 5.77. The van der Waals surface area contributed by atoms with E-state index in [0.717, 1.165) is 11.3 Å². The first kappa shape index (κ1) is 12.4. The van der Waals surface area contributed by atoms with Crippen molar-refractivity contribution in [2.45, 2.75) is 13.8 Å². The lowest BCUT2D eigenvalue weighted by Crippen LogP contribution is -2.11. The number of methoxy groups -OCH3 is 1. The zero-order valence-corrected chi connectivity index (χ0v) is 10.6. The predicted molar refractivity (Wildman–Crippen MR) is 69.3 cm³/mol. The maximum atomic E-state index is 11.6. The molecule has 0 atom stereocenters. The lowest BCUT2D eigenvalue weighted by atomic mass is 9.98. The van der Waals surface area contributed by atoms with Crippen molar-refractivity contribution in [3.8, 4) is 5.75 Å². The van der Waals surface area contributed by atoms with Crippen molar-refractivity contribution in [2.75, 3.05) is 7.11 Å². The van der Waals surface area contributed by atoms with Crippen molar-refractivity contribution in [3.05, 3.63) is 35.4 Å². The van der Waals surface area contributed by atoms with Crippen LogP contribution in [0, 0.1) is 5.92 Å². The van der Waals surface area contributed by atoms with E-state index < -0.39 is 5.97 Å². The molecule has 0 saturated heterocycles. The number of hydrogen-bond acceptors (Lipinski definition) is 4. The van der Waals surface area contributed by atoms with E-state index in [0.29, 0.717) is 11.3 Å². The maximum absolute atomic E-state index is 11.6. The van der Waals surface area contributed by atoms with E-state index in [1.54, 1.807) is 13.2 Å². The monoisotopic (exact) mass is 245 g/mol. The Morgan fingerprint density at radius 3 is 2.50 bits per heavy atom. The topological polar surface area (TPSA) is 47.9 Å². The molecule has 4 nitrogen and oxygen atoms in total. The molecule has 1 aliphatic rings. The molecule has 1 aliphatic heterocycles. The van der Waals surface area contributed by atoms with Crippen molar-refractivity contribution in [1.82, 2.24) is 0 Å². The van der Waals surface area contributed by atoms with Crippen LogP contribution in [-0.4, -0.2) is 18.8 Å². The van der Waals surface area contributed by atoms with Crippen LogP contribution in [0.2, 0.25) is 0 Å². The Balaban J connectivity index is 2.30. The SMILES string of the molecule is COc1ccc(/C=C2\C(=O)ON=C2C(C)C)cc1. The van der Waals surface area contributed by atoms with Gasteiger partial charge in [0.25, 0.3) is 0 Å². The van der Waals surface area contributed by atoms with Crippen LogP contribution in [0.3, 0.4) is 0 Å². The summed E-state index contributed by atoms with van der Waals surface area (Å²) in [7, 11) is 1.62. The Bertz CT molecular complexity index is 512. The van der Waals surface area contributed by atoms with Crippen molar-refractivity contribution in [2.24, 2.45) is 11.1 Å². The molecule has 18 heavy (non-hydrogen) atoms. The highest BCUT2D eigenvalue weighted by Gasteiger charge is 2.27. The fraction of sp³-hybridized carbons (Fsp3) is 0.286. The average Bonchev–Trinajstić information content (AvgIpc) is 2.72. The van der Waals surface area contributed by atoms with Crippen molar-refractivity contribution in [3.63, 3.8) is 0 Å². The van der Waals surface area contributed by atoms with Crippen LogP contribution >= 0.6 is 0 Å². The van der Waals surface area contributed by atoms with Crippen LogP contribution in [0.4, 0.5) is 0 Å². The highest BCUT2D eigenvalue weighted by atomic mass is 16.7. The number of carbonyl (C=O) groups is 1. The van der Waals surface area contributed by atoms with Gasteiger partial charge < -0.3 is 9.57 Å². The number of carbonyl (C=O) groups excluding carboxylic acids is 1. The van der Waals surface area contributed by atoms with Gasteiger partial charge in [0.05, 0.1) is 18.4 Å². The summed E-state index contributed by atoms with van der Waals surface area (Å²) < 4.78 is 5.08. The predicted octanol–water partition coefficient (Wildman–Crippen LogP) is 2.65. The number of oxime groups is 1. The van der Waals surface area contributed by atoms with Crippen LogP contribution in [0.1, 0.15) is 19.4 Å². The van der Waals surface area contributed by atoms with E-state index in [1.807, 2.05) is 38.1 Å². The molecule has 0 saturated carbocycles. The van der Waals surface area contributed by atoms with Gasteiger partial charge in [-0.2, -0.15) is 0 Å². The molecule has 94 valence electrons. The Hall–Kier alpha value is -2.10. The first-order valence-corrected chi connectivity index (χ1v) is 5.77. The highest BCUT2D eigenvalue weighted by molar-refractivity contribution is 6.25. The van der Waals surface area contributed by atoms with Crippen molar-refractivity contribution >= 4 is 17.8 Å². The Morgan fingerprint density at radius 1 is 1.28 bits per heavy atom. The van der Waals surface area contributed by atoms with Gasteiger partial charge in [-0.3, -0.25) is 0 Å². The number of nitrogens with zero attached hydrogens (tertiary/aromatic N) is 1. The molecule has 1 aromatic rings. The number of ether oxygens (including phenoxy) is 1. The second-order valence-electron chi connectivity index (χ2n) is 4.34.